The van der Waals surface area contributed by atoms with Crippen molar-refractivity contribution in [1.29, 1.82) is 0 Å². The van der Waals surface area contributed by atoms with E-state index in [1.165, 1.54) is 33.9 Å². The Morgan fingerprint density at radius 1 is 0.701 bits per heavy atom. The van der Waals surface area contributed by atoms with Gasteiger partial charge in [-0.25, -0.2) is 4.98 Å². The van der Waals surface area contributed by atoms with Gasteiger partial charge in [-0.15, -0.1) is 24.5 Å². The predicted octanol–water partition coefficient (Wildman–Crippen LogP) is 18.3. The summed E-state index contributed by atoms with van der Waals surface area (Å²) in [4.78, 5) is 54.5. The first kappa shape index (κ1) is 78.1. The number of hydrogen-bond donors (Lipinski definition) is 2. The lowest BCUT2D eigenvalue weighted by Gasteiger charge is -2.35. The molecule has 1 rings (SSSR count). The third kappa shape index (κ3) is 29.8. The fraction of sp³-hybridized carbons (Fsp3) is 0.632. The molecule has 0 amide bonds. The number of aliphatic hydroxyl groups excluding tert-OH is 1. The fourth-order valence-corrected chi connectivity index (χ4v) is 8.65. The number of halogens is 11. The number of hydrogen-bond acceptors (Lipinski definition) is 8. The maximum absolute atomic E-state index is 13.5. The van der Waals surface area contributed by atoms with Crippen LogP contribution >= 0.6 is 56.5 Å². The summed E-state index contributed by atoms with van der Waals surface area (Å²) in [5.74, 6) is -0.895. The standard InChI is InChI=1S/C31H44F3NO3S.C17H30O3.C5H6F3I.C4H4F3IO/c1-11-13-19(3)22(6)23(7)29(37)30(9,10)21(5)17-28(36)38-27(15-14-25(12-2)31(32,33)34)20(4)16-26-18-39-24(8)35-26;1-8-9-11(2)13(4)14(5)16(20)17(6,7)12(3)10-15(18)19;1-2-3-4(9)5(6,7)8;5-4(6,7)3(8)1-2-9/h11-12,14,16,18-19,21-23,27H,1-2,13,15,17H2,3-10H3;8,11-14H,1,9-10H2,2-7H3,(H,18,19);3H,2H2,1H3;1,9H,2H2/b20-16+,25-14+;;4-3-;3-1-/t19-,21-,22-,23+,27-;11-,12-,13-,14+;;/m00../s1. The molecule has 0 spiro atoms. The number of aromatic nitrogens is 1. The minimum absolute atomic E-state index is 0.0298. The van der Waals surface area contributed by atoms with E-state index in [9.17, 15) is 58.7 Å². The Kier molecular flexibility index (Phi) is 36.8. The van der Waals surface area contributed by atoms with Crippen LogP contribution in [0, 0.1) is 65.1 Å². The first-order chi connectivity index (χ1) is 35.0. The Morgan fingerprint density at radius 3 is 1.42 bits per heavy atom. The van der Waals surface area contributed by atoms with Gasteiger partial charge in [-0.1, -0.05) is 127 Å². The third-order valence-corrected chi connectivity index (χ3v) is 16.9. The van der Waals surface area contributed by atoms with Crippen LogP contribution < -0.4 is 0 Å². The zero-order valence-electron chi connectivity index (χ0n) is 47.3. The van der Waals surface area contributed by atoms with Gasteiger partial charge in [0.1, 0.15) is 17.7 Å². The number of nitrogens with zero attached hydrogens (tertiary/aromatic N) is 1. The van der Waals surface area contributed by atoms with E-state index in [0.717, 1.165) is 58.7 Å². The number of carboxylic acids is 1. The second-order valence-corrected chi connectivity index (χ2v) is 23.9. The molecule has 0 saturated heterocycles. The average Bonchev–Trinajstić information content (AvgIpc) is 3.72. The quantitative estimate of drug-likeness (QED) is 0.0308. The predicted molar refractivity (Wildman–Crippen MR) is 310 cm³/mol. The molecule has 1 aromatic heterocycles. The summed E-state index contributed by atoms with van der Waals surface area (Å²) in [6.45, 7) is 38.8. The van der Waals surface area contributed by atoms with Crippen LogP contribution in [0.4, 0.5) is 39.5 Å². The molecule has 0 aliphatic heterocycles. The highest BCUT2D eigenvalue weighted by molar-refractivity contribution is 14.1. The van der Waals surface area contributed by atoms with E-state index in [4.69, 9.17) is 14.9 Å². The van der Waals surface area contributed by atoms with E-state index >= 15 is 0 Å². The van der Waals surface area contributed by atoms with Gasteiger partial charge in [0.15, 0.2) is 0 Å². The molecule has 0 saturated carbocycles. The van der Waals surface area contributed by atoms with Crippen LogP contribution in [0.1, 0.15) is 146 Å². The van der Waals surface area contributed by atoms with E-state index in [0.29, 0.717) is 35.6 Å². The van der Waals surface area contributed by atoms with Crippen LogP contribution in [0.3, 0.4) is 0 Å². The minimum atomic E-state index is -4.56. The van der Waals surface area contributed by atoms with E-state index in [1.54, 1.807) is 19.9 Å². The molecular formula is C57H84F9I2NO7S. The molecule has 0 aliphatic carbocycles. The maximum atomic E-state index is 13.5. The smallest absolute Gasteiger partial charge is 0.421 e. The second kappa shape index (κ2) is 36.3. The Bertz CT molecular complexity index is 2130. The maximum Gasteiger partial charge on any atom is 0.421 e. The molecule has 8 nitrogen and oxygen atoms in total. The summed E-state index contributed by atoms with van der Waals surface area (Å²) < 4.78 is 113. The van der Waals surface area contributed by atoms with Gasteiger partial charge in [0, 0.05) is 47.3 Å². The van der Waals surface area contributed by atoms with Gasteiger partial charge in [-0.05, 0) is 132 Å². The Labute approximate surface area is 484 Å². The minimum Gasteiger partial charge on any atom is -0.481 e. The largest absolute Gasteiger partial charge is 0.481 e. The second-order valence-electron chi connectivity index (χ2n) is 20.5. The number of carboxylic acid groups (broad SMARTS) is 1. The summed E-state index contributed by atoms with van der Waals surface area (Å²) in [5, 5.41) is 19.6. The molecule has 0 aromatic carbocycles. The average molecular weight is 1350 g/mol. The van der Waals surface area contributed by atoms with E-state index < -0.39 is 66.7 Å². The van der Waals surface area contributed by atoms with Crippen LogP contribution in [0.25, 0.3) is 6.08 Å². The monoisotopic (exact) mass is 1350 g/mol. The van der Waals surface area contributed by atoms with Gasteiger partial charge in [-0.3, -0.25) is 19.2 Å². The highest BCUT2D eigenvalue weighted by Crippen LogP contribution is 2.39. The normalized spacial score (nSPS) is 16.6. The van der Waals surface area contributed by atoms with Crippen molar-refractivity contribution >= 4 is 86.1 Å². The van der Waals surface area contributed by atoms with Crippen molar-refractivity contribution < 1.29 is 73.6 Å². The van der Waals surface area contributed by atoms with Crippen LogP contribution in [0.15, 0.2) is 79.9 Å². The molecule has 9 atom stereocenters. The lowest BCUT2D eigenvalue weighted by Crippen LogP contribution is -2.40. The number of aryl methyl sites for hydroxylation is 1. The van der Waals surface area contributed by atoms with Gasteiger partial charge in [0.2, 0.25) is 0 Å². The summed E-state index contributed by atoms with van der Waals surface area (Å²) in [6, 6.07) is 0. The molecule has 2 N–H and O–H groups in total. The number of carbonyl (C=O) groups excluding carboxylic acids is 3. The third-order valence-electron chi connectivity index (χ3n) is 14.1. The van der Waals surface area contributed by atoms with Crippen LogP contribution in [-0.4, -0.2) is 69.9 Å². The number of Topliss-reactive ketones (excluding diaryl/α,β-unsaturated/α-hetero) is 2. The first-order valence-electron chi connectivity index (χ1n) is 25.1. The summed E-state index contributed by atoms with van der Waals surface area (Å²) >= 11 is 3.85. The number of allylic oxidation sites excluding steroid dienone is 7. The lowest BCUT2D eigenvalue weighted by molar-refractivity contribution is -0.150. The number of alkyl halides is 9. The SMILES string of the molecule is C=CC[C@H](C)[C@H](C)[C@@H](C)C(=O)C(C)(C)[C@@H](C)CC(=O)O.C=CC[C@H](C)[C@H](C)[C@@H](C)C(=O)C(C)(C)[C@@H](C)CC(=O)O[C@@H](C/C=C(\C=C)C(F)(F)F)/C(C)=C/c1csc(C)n1.CC/C=C(\I)C(F)(F)F.OC/C=C(\I)C(F)(F)F. The van der Waals surface area contributed by atoms with Crippen molar-refractivity contribution in [3.63, 3.8) is 0 Å². The summed E-state index contributed by atoms with van der Waals surface area (Å²) in [7, 11) is 0. The van der Waals surface area contributed by atoms with Gasteiger partial charge < -0.3 is 14.9 Å². The van der Waals surface area contributed by atoms with Crippen LogP contribution in [0.5, 0.6) is 0 Å². The molecule has 0 aliphatic rings. The fourth-order valence-electron chi connectivity index (χ4n) is 7.45. The molecule has 20 heteroatoms. The number of ether oxygens (including phenoxy) is 1. The summed E-state index contributed by atoms with van der Waals surface area (Å²) in [5.41, 5.74) is -1.09. The molecule has 1 heterocycles. The van der Waals surface area contributed by atoms with Gasteiger partial charge in [0.05, 0.1) is 30.0 Å². The topological polar surface area (TPSA) is 131 Å². The Hall–Kier alpha value is -3.12. The van der Waals surface area contributed by atoms with Crippen molar-refractivity contribution in [3.8, 4) is 0 Å². The first-order valence-corrected chi connectivity index (χ1v) is 28.2. The van der Waals surface area contributed by atoms with E-state index in [2.05, 4.69) is 52.4 Å². The molecular weight excluding hydrogens is 1270 g/mol. The molecule has 442 valence electrons. The van der Waals surface area contributed by atoms with Crippen molar-refractivity contribution in [2.24, 2.45) is 58.2 Å². The molecule has 1 aromatic rings. The Morgan fingerprint density at radius 2 is 1.12 bits per heavy atom. The summed E-state index contributed by atoms with van der Waals surface area (Å²) in [6.07, 6.45) is -2.95. The number of rotatable bonds is 26. The Balaban J connectivity index is -0.00000118. The van der Waals surface area contributed by atoms with E-state index in [1.807, 2.05) is 79.8 Å². The molecule has 0 radical (unpaired) electrons. The van der Waals surface area contributed by atoms with Gasteiger partial charge >= 0.3 is 30.5 Å². The van der Waals surface area contributed by atoms with Gasteiger partial charge in [-0.2, -0.15) is 39.5 Å². The molecule has 77 heavy (non-hydrogen) atoms. The van der Waals surface area contributed by atoms with Gasteiger partial charge in [0.25, 0.3) is 0 Å². The lowest BCUT2D eigenvalue weighted by atomic mass is 9.67. The number of aliphatic carboxylic acids is 1. The zero-order valence-corrected chi connectivity index (χ0v) is 52.5. The molecule has 0 fully saturated rings. The van der Waals surface area contributed by atoms with Crippen molar-refractivity contribution in [1.82, 2.24) is 4.98 Å². The van der Waals surface area contributed by atoms with Crippen molar-refractivity contribution in [3.05, 3.63) is 90.6 Å². The number of aliphatic hydroxyl groups is 1. The molecule has 0 unspecified atom stereocenters. The van der Waals surface area contributed by atoms with Crippen LogP contribution in [0.2, 0.25) is 0 Å². The number of esters is 1. The molecule has 0 bridgehead atoms. The number of thiazole rings is 1. The highest BCUT2D eigenvalue weighted by Gasteiger charge is 2.42. The van der Waals surface area contributed by atoms with Crippen LogP contribution in [-0.2, 0) is 23.9 Å². The van der Waals surface area contributed by atoms with Crippen molar-refractivity contribution in [2.45, 2.75) is 167 Å². The zero-order chi connectivity index (χ0) is 61.2. The number of carbonyl (C=O) groups is 4. The van der Waals surface area contributed by atoms with Crippen molar-refractivity contribution in [2.75, 3.05) is 6.61 Å². The van der Waals surface area contributed by atoms with E-state index in [-0.39, 0.29) is 66.3 Å². The highest BCUT2D eigenvalue weighted by atomic mass is 127. The number of ketones is 2.